The molecule has 7 heteroatoms. The number of hydrogen-bond acceptors (Lipinski definition) is 3. The molecule has 2 aromatic rings. The van der Waals surface area contributed by atoms with Gasteiger partial charge in [0.2, 0.25) is 0 Å². The topological polar surface area (TPSA) is 49.6 Å². The van der Waals surface area contributed by atoms with Crippen molar-refractivity contribution in [3.63, 3.8) is 0 Å². The van der Waals surface area contributed by atoms with Crippen molar-refractivity contribution in [2.75, 3.05) is 4.43 Å². The van der Waals surface area contributed by atoms with E-state index >= 15 is 0 Å². The van der Waals surface area contributed by atoms with Crippen molar-refractivity contribution in [2.24, 2.45) is 5.92 Å². The number of benzene rings is 1. The minimum atomic E-state index is -4.17. The molecule has 0 bridgehead atoms. The molecular formula is C20H18F3IN3-. The second-order valence-corrected chi connectivity index (χ2v) is 10.4. The molecule has 2 unspecified atom stereocenters. The molecule has 0 saturated carbocycles. The predicted octanol–water partition coefficient (Wildman–Crippen LogP) is 1.61. The van der Waals surface area contributed by atoms with Crippen molar-refractivity contribution >= 4 is 0 Å². The number of alkyl halides is 5. The van der Waals surface area contributed by atoms with Gasteiger partial charge in [-0.1, -0.05) is 0 Å². The zero-order valence-electron chi connectivity index (χ0n) is 14.6. The van der Waals surface area contributed by atoms with Gasteiger partial charge in [-0.2, -0.15) is 0 Å². The molecule has 1 aromatic carbocycles. The average Bonchev–Trinajstić information content (AvgIpc) is 2.83. The predicted molar refractivity (Wildman–Crippen MR) is 90.6 cm³/mol. The summed E-state index contributed by atoms with van der Waals surface area (Å²) in [5.74, 6) is -0.713. The Labute approximate surface area is 166 Å². The maximum atomic E-state index is 13.4. The summed E-state index contributed by atoms with van der Waals surface area (Å²) in [6, 6.07) is 9.16. The van der Waals surface area contributed by atoms with E-state index in [1.54, 1.807) is 12.1 Å². The van der Waals surface area contributed by atoms with Crippen LogP contribution in [0.4, 0.5) is 13.2 Å². The summed E-state index contributed by atoms with van der Waals surface area (Å²) in [6.45, 7) is 0. The SMILES string of the molecule is N#Cc1ccc(-c2nc3c(c(C4CC[I-]4)n2)CC(C(F)(F)F)CCC3)cc1. The van der Waals surface area contributed by atoms with E-state index < -0.39 is 12.1 Å². The quantitative estimate of drug-likeness (QED) is 0.370. The van der Waals surface area contributed by atoms with E-state index in [-0.39, 0.29) is 34.0 Å². The second kappa shape index (κ2) is 7.38. The van der Waals surface area contributed by atoms with Crippen LogP contribution in [0, 0.1) is 17.2 Å². The number of halogens is 4. The Kier molecular flexibility index (Phi) is 5.10. The van der Waals surface area contributed by atoms with Gasteiger partial charge in [-0.15, -0.1) is 0 Å². The van der Waals surface area contributed by atoms with Crippen LogP contribution in [0.25, 0.3) is 11.4 Å². The molecule has 2 atom stereocenters. The van der Waals surface area contributed by atoms with Crippen molar-refractivity contribution in [3.8, 4) is 17.5 Å². The summed E-state index contributed by atoms with van der Waals surface area (Å²) in [4.78, 5) is 9.43. The third kappa shape index (κ3) is 3.82. The van der Waals surface area contributed by atoms with Crippen LogP contribution in [0.3, 0.4) is 0 Å². The molecular weight excluding hydrogens is 466 g/mol. The van der Waals surface area contributed by atoms with Crippen LogP contribution in [-0.4, -0.2) is 20.6 Å². The van der Waals surface area contributed by atoms with Gasteiger partial charge in [0.05, 0.1) is 0 Å². The Morgan fingerprint density at radius 1 is 1.11 bits per heavy atom. The molecule has 0 N–H and O–H groups in total. The zero-order chi connectivity index (χ0) is 19.0. The average molecular weight is 484 g/mol. The van der Waals surface area contributed by atoms with Gasteiger partial charge in [-0.25, -0.2) is 0 Å². The molecule has 1 aliphatic carbocycles. The molecule has 3 nitrogen and oxygen atoms in total. The van der Waals surface area contributed by atoms with E-state index in [4.69, 9.17) is 10.2 Å². The van der Waals surface area contributed by atoms with Crippen molar-refractivity contribution in [1.82, 2.24) is 9.97 Å². The van der Waals surface area contributed by atoms with E-state index in [0.29, 0.717) is 28.2 Å². The number of nitriles is 1. The van der Waals surface area contributed by atoms with Gasteiger partial charge < -0.3 is 0 Å². The summed E-state index contributed by atoms with van der Waals surface area (Å²) in [5, 5.41) is 8.97. The Balaban J connectivity index is 1.78. The number of fused-ring (bicyclic) bond motifs is 1. The fraction of sp³-hybridized carbons (Fsp3) is 0.450. The number of aryl methyl sites for hydroxylation is 1. The summed E-state index contributed by atoms with van der Waals surface area (Å²) >= 11 is -0.0281. The van der Waals surface area contributed by atoms with Crippen LogP contribution in [-0.2, 0) is 12.8 Å². The summed E-state index contributed by atoms with van der Waals surface area (Å²) < 4.78 is 41.8. The normalized spacial score (nSPS) is 22.6. The van der Waals surface area contributed by atoms with Gasteiger partial charge in [0.15, 0.2) is 0 Å². The standard InChI is InChI=1S/C20H18F3IN3/c21-20(22,23)14-2-1-3-17-15(10-14)18(16-8-9-24-16)27-19(26-17)13-6-4-12(11-25)5-7-13/h4-7,14,16H,1-3,8-10H2/q-1. The number of hydrogen-bond donors (Lipinski definition) is 0. The Bertz CT molecular complexity index is 883. The Hall–Kier alpha value is -1.69. The first-order valence-corrected chi connectivity index (χ1v) is 11.8. The van der Waals surface area contributed by atoms with Crippen molar-refractivity contribution < 1.29 is 34.4 Å². The van der Waals surface area contributed by atoms with Gasteiger partial charge in [-0.3, -0.25) is 0 Å². The molecule has 27 heavy (non-hydrogen) atoms. The minimum absolute atomic E-state index is 0.0159. The fourth-order valence-electron chi connectivity index (χ4n) is 3.63. The first kappa shape index (κ1) is 18.7. The van der Waals surface area contributed by atoms with E-state index in [2.05, 4.69) is 11.1 Å². The molecule has 2 heterocycles. The van der Waals surface area contributed by atoms with Crippen LogP contribution in [0.5, 0.6) is 0 Å². The molecule has 0 spiro atoms. The fourth-order valence-corrected chi connectivity index (χ4v) is 5.81. The monoisotopic (exact) mass is 484 g/mol. The zero-order valence-corrected chi connectivity index (χ0v) is 16.7. The van der Waals surface area contributed by atoms with Crippen molar-refractivity contribution in [2.45, 2.75) is 42.2 Å². The maximum absolute atomic E-state index is 13.4. The van der Waals surface area contributed by atoms with Crippen LogP contribution >= 0.6 is 0 Å². The van der Waals surface area contributed by atoms with Crippen LogP contribution in [0.2, 0.25) is 0 Å². The molecule has 1 saturated heterocycles. The molecule has 4 rings (SSSR count). The van der Waals surface area contributed by atoms with Crippen LogP contribution in [0.1, 0.15) is 45.7 Å². The Morgan fingerprint density at radius 3 is 2.44 bits per heavy atom. The summed E-state index contributed by atoms with van der Waals surface area (Å²) in [6.07, 6.45) is -1.89. The van der Waals surface area contributed by atoms with Crippen LogP contribution < -0.4 is 21.2 Å². The summed E-state index contributed by atoms with van der Waals surface area (Å²) in [5.41, 5.74) is 3.80. The van der Waals surface area contributed by atoms with Crippen molar-refractivity contribution in [3.05, 3.63) is 46.8 Å². The summed E-state index contributed by atoms with van der Waals surface area (Å²) in [7, 11) is 0. The molecule has 0 radical (unpaired) electrons. The third-order valence-electron chi connectivity index (χ3n) is 5.23. The molecule has 142 valence electrons. The Morgan fingerprint density at radius 2 is 1.85 bits per heavy atom. The van der Waals surface area contributed by atoms with E-state index in [1.165, 1.54) is 4.43 Å². The van der Waals surface area contributed by atoms with Gasteiger partial charge in [0, 0.05) is 0 Å². The first-order chi connectivity index (χ1) is 13.0. The molecule has 0 amide bonds. The van der Waals surface area contributed by atoms with Gasteiger partial charge >= 0.3 is 166 Å². The number of aromatic nitrogens is 2. The van der Waals surface area contributed by atoms with Crippen LogP contribution in [0.15, 0.2) is 24.3 Å². The molecule has 1 aromatic heterocycles. The van der Waals surface area contributed by atoms with E-state index in [1.807, 2.05) is 12.1 Å². The number of nitrogens with zero attached hydrogens (tertiary/aromatic N) is 3. The molecule has 2 aliphatic rings. The van der Waals surface area contributed by atoms with Crippen molar-refractivity contribution in [1.29, 1.82) is 5.26 Å². The van der Waals surface area contributed by atoms with Gasteiger partial charge in [0.25, 0.3) is 0 Å². The van der Waals surface area contributed by atoms with E-state index in [0.717, 1.165) is 28.9 Å². The molecule has 1 fully saturated rings. The third-order valence-corrected chi connectivity index (χ3v) is 8.75. The first-order valence-electron chi connectivity index (χ1n) is 9.00. The number of rotatable bonds is 2. The van der Waals surface area contributed by atoms with E-state index in [9.17, 15) is 13.2 Å². The second-order valence-electron chi connectivity index (χ2n) is 6.98. The molecule has 1 aliphatic heterocycles. The van der Waals surface area contributed by atoms with Gasteiger partial charge in [0.1, 0.15) is 0 Å². The van der Waals surface area contributed by atoms with Gasteiger partial charge in [-0.05, 0) is 0 Å².